The minimum absolute atomic E-state index is 0.00168. The Morgan fingerprint density at radius 1 is 1.12 bits per heavy atom. The number of hydrogen-bond acceptors (Lipinski definition) is 6. The Balaban J connectivity index is 1.51. The molecule has 0 spiro atoms. The first-order chi connectivity index (χ1) is 16.2. The second kappa shape index (κ2) is 9.89. The van der Waals surface area contributed by atoms with Crippen LogP contribution in [0.15, 0.2) is 54.6 Å². The molecule has 1 fully saturated rings. The van der Waals surface area contributed by atoms with E-state index in [4.69, 9.17) is 9.47 Å². The number of benzene rings is 2. The summed E-state index contributed by atoms with van der Waals surface area (Å²) in [5, 5.41) is 7.48. The molecule has 3 aromatic rings. The quantitative estimate of drug-likeness (QED) is 0.519. The highest BCUT2D eigenvalue weighted by Crippen LogP contribution is 2.31. The van der Waals surface area contributed by atoms with Gasteiger partial charge in [0.2, 0.25) is 0 Å². The third-order valence-electron chi connectivity index (χ3n) is 5.86. The molecule has 0 radical (unpaired) electrons. The molecular weight excluding hydrogens is 454 g/mol. The number of carbonyl (C=O) groups is 1. The van der Waals surface area contributed by atoms with Crippen molar-refractivity contribution >= 4 is 21.6 Å². The molecule has 180 valence electrons. The van der Waals surface area contributed by atoms with E-state index in [0.29, 0.717) is 29.6 Å². The number of nitrogens with zero attached hydrogens (tertiary/aromatic N) is 2. The van der Waals surface area contributed by atoms with Crippen LogP contribution in [0.1, 0.15) is 37.8 Å². The Morgan fingerprint density at radius 3 is 2.38 bits per heavy atom. The second-order valence-corrected chi connectivity index (χ2v) is 10.9. The maximum Gasteiger partial charge on any atom is 0.263 e. The lowest BCUT2D eigenvalue weighted by atomic mass is 10.0. The predicted octanol–water partition coefficient (Wildman–Crippen LogP) is 4.06. The molecule has 1 N–H and O–H groups in total. The van der Waals surface area contributed by atoms with Gasteiger partial charge in [-0.2, -0.15) is 5.10 Å². The number of methoxy groups -OCH3 is 1. The summed E-state index contributed by atoms with van der Waals surface area (Å²) in [5.74, 6) is 1.94. The molecular formula is C25H29N3O5S. The van der Waals surface area contributed by atoms with E-state index in [-0.39, 0.29) is 30.1 Å². The zero-order valence-corrected chi connectivity index (χ0v) is 20.3. The zero-order valence-electron chi connectivity index (χ0n) is 19.5. The molecule has 1 unspecified atom stereocenters. The normalized spacial score (nSPS) is 17.0. The van der Waals surface area contributed by atoms with Gasteiger partial charge in [0, 0.05) is 11.6 Å². The van der Waals surface area contributed by atoms with Crippen LogP contribution in [-0.2, 0) is 14.6 Å². The fourth-order valence-electron chi connectivity index (χ4n) is 3.91. The number of amides is 1. The van der Waals surface area contributed by atoms with Crippen LogP contribution < -0.4 is 14.8 Å². The molecule has 1 saturated heterocycles. The van der Waals surface area contributed by atoms with Crippen LogP contribution in [0.5, 0.6) is 11.5 Å². The van der Waals surface area contributed by atoms with Crippen LogP contribution in [-0.4, -0.2) is 49.3 Å². The number of ether oxygens (including phenoxy) is 2. The van der Waals surface area contributed by atoms with Crippen LogP contribution in [0.4, 0.5) is 5.82 Å². The van der Waals surface area contributed by atoms with Crippen molar-refractivity contribution in [1.29, 1.82) is 0 Å². The second-order valence-electron chi connectivity index (χ2n) is 8.71. The molecule has 1 aliphatic heterocycles. The molecule has 2 heterocycles. The molecule has 0 saturated carbocycles. The SMILES string of the molecule is COc1ccc(-c2cc(NC(=O)COc3ccc(C(C)C)cc3)n(C3CCS(=O)(=O)C3)n2)cc1. The van der Waals surface area contributed by atoms with Crippen molar-refractivity contribution in [3.8, 4) is 22.8 Å². The molecule has 1 aliphatic rings. The van der Waals surface area contributed by atoms with Gasteiger partial charge in [-0.05, 0) is 54.3 Å². The van der Waals surface area contributed by atoms with E-state index in [1.165, 1.54) is 5.56 Å². The summed E-state index contributed by atoms with van der Waals surface area (Å²) in [6.07, 6.45) is 0.452. The fourth-order valence-corrected chi connectivity index (χ4v) is 5.61. The number of anilines is 1. The lowest BCUT2D eigenvalue weighted by Gasteiger charge is -2.14. The molecule has 1 aromatic heterocycles. The first-order valence-corrected chi connectivity index (χ1v) is 13.0. The summed E-state index contributed by atoms with van der Waals surface area (Å²) in [5.41, 5.74) is 2.66. The summed E-state index contributed by atoms with van der Waals surface area (Å²) >= 11 is 0. The van der Waals surface area contributed by atoms with Crippen molar-refractivity contribution in [2.45, 2.75) is 32.2 Å². The van der Waals surface area contributed by atoms with Crippen molar-refractivity contribution in [3.63, 3.8) is 0 Å². The number of nitrogens with one attached hydrogen (secondary N) is 1. The van der Waals surface area contributed by atoms with Gasteiger partial charge in [0.15, 0.2) is 16.4 Å². The minimum Gasteiger partial charge on any atom is -0.497 e. The number of aromatic nitrogens is 2. The fraction of sp³-hybridized carbons (Fsp3) is 0.360. The molecule has 1 amide bonds. The van der Waals surface area contributed by atoms with Gasteiger partial charge in [0.1, 0.15) is 17.3 Å². The number of rotatable bonds is 8. The first-order valence-electron chi connectivity index (χ1n) is 11.2. The first kappa shape index (κ1) is 23.8. The van der Waals surface area contributed by atoms with Gasteiger partial charge in [-0.15, -0.1) is 0 Å². The van der Waals surface area contributed by atoms with Gasteiger partial charge < -0.3 is 14.8 Å². The van der Waals surface area contributed by atoms with Crippen LogP contribution in [0.25, 0.3) is 11.3 Å². The lowest BCUT2D eigenvalue weighted by molar-refractivity contribution is -0.118. The molecule has 0 aliphatic carbocycles. The van der Waals surface area contributed by atoms with Crippen molar-refractivity contribution in [2.24, 2.45) is 0 Å². The molecule has 0 bridgehead atoms. The maximum atomic E-state index is 12.7. The minimum atomic E-state index is -3.12. The van der Waals surface area contributed by atoms with Crippen LogP contribution >= 0.6 is 0 Å². The van der Waals surface area contributed by atoms with E-state index in [9.17, 15) is 13.2 Å². The van der Waals surface area contributed by atoms with Crippen LogP contribution in [0.2, 0.25) is 0 Å². The highest BCUT2D eigenvalue weighted by molar-refractivity contribution is 7.91. The summed E-state index contributed by atoms with van der Waals surface area (Å²) < 4.78 is 36.6. The Hall–Kier alpha value is -3.33. The Kier molecular flexibility index (Phi) is 6.92. The standard InChI is InChI=1S/C25H29N3O5S/c1-17(2)18-4-10-22(11-5-18)33-15-25(29)26-24-14-23(19-6-8-21(32-3)9-7-19)27-28(24)20-12-13-34(30,31)16-20/h4-11,14,17,20H,12-13,15-16H2,1-3H3,(H,26,29). The van der Waals surface area contributed by atoms with Gasteiger partial charge in [0.25, 0.3) is 5.91 Å². The zero-order chi connectivity index (χ0) is 24.3. The van der Waals surface area contributed by atoms with Gasteiger partial charge in [0.05, 0.1) is 30.4 Å². The van der Waals surface area contributed by atoms with E-state index < -0.39 is 9.84 Å². The summed E-state index contributed by atoms with van der Waals surface area (Å²) in [6.45, 7) is 4.05. The van der Waals surface area contributed by atoms with Crippen molar-refractivity contribution in [2.75, 3.05) is 30.5 Å². The van der Waals surface area contributed by atoms with Crippen molar-refractivity contribution in [1.82, 2.24) is 9.78 Å². The highest BCUT2D eigenvalue weighted by Gasteiger charge is 2.31. The monoisotopic (exact) mass is 483 g/mol. The molecule has 4 rings (SSSR count). The number of sulfone groups is 1. The third kappa shape index (κ3) is 5.59. The predicted molar refractivity (Wildman–Crippen MR) is 131 cm³/mol. The molecule has 2 aromatic carbocycles. The van der Waals surface area contributed by atoms with Gasteiger partial charge in [-0.1, -0.05) is 26.0 Å². The molecule has 34 heavy (non-hydrogen) atoms. The largest absolute Gasteiger partial charge is 0.497 e. The highest BCUT2D eigenvalue weighted by atomic mass is 32.2. The Labute approximate surface area is 199 Å². The maximum absolute atomic E-state index is 12.7. The number of carbonyl (C=O) groups excluding carboxylic acids is 1. The third-order valence-corrected chi connectivity index (χ3v) is 7.61. The van der Waals surface area contributed by atoms with Gasteiger partial charge in [-0.3, -0.25) is 4.79 Å². The van der Waals surface area contributed by atoms with E-state index >= 15 is 0 Å². The molecule has 9 heteroatoms. The lowest BCUT2D eigenvalue weighted by Crippen LogP contribution is -2.23. The average Bonchev–Trinajstić information content (AvgIpc) is 3.40. The van der Waals surface area contributed by atoms with E-state index in [1.54, 1.807) is 17.9 Å². The van der Waals surface area contributed by atoms with Gasteiger partial charge in [-0.25, -0.2) is 13.1 Å². The topological polar surface area (TPSA) is 99.5 Å². The summed E-state index contributed by atoms with van der Waals surface area (Å²) in [4.78, 5) is 12.7. The Bertz CT molecular complexity index is 1250. The summed E-state index contributed by atoms with van der Waals surface area (Å²) in [7, 11) is -1.53. The Morgan fingerprint density at radius 2 is 1.79 bits per heavy atom. The number of hydrogen-bond donors (Lipinski definition) is 1. The summed E-state index contributed by atoms with van der Waals surface area (Å²) in [6, 6.07) is 16.5. The van der Waals surface area contributed by atoms with E-state index in [0.717, 1.165) is 11.3 Å². The smallest absolute Gasteiger partial charge is 0.263 e. The van der Waals surface area contributed by atoms with Gasteiger partial charge >= 0.3 is 0 Å². The van der Waals surface area contributed by atoms with Crippen molar-refractivity contribution < 1.29 is 22.7 Å². The van der Waals surface area contributed by atoms with E-state index in [1.807, 2.05) is 48.5 Å². The van der Waals surface area contributed by atoms with Crippen LogP contribution in [0, 0.1) is 0 Å². The van der Waals surface area contributed by atoms with Crippen molar-refractivity contribution in [3.05, 3.63) is 60.2 Å². The molecule has 1 atom stereocenters. The molecule has 8 nitrogen and oxygen atoms in total. The van der Waals surface area contributed by atoms with E-state index in [2.05, 4.69) is 24.3 Å². The average molecular weight is 484 g/mol. The van der Waals surface area contributed by atoms with Crippen LogP contribution in [0.3, 0.4) is 0 Å².